The number of amides is 1. The number of benzene rings is 2. The zero-order chi connectivity index (χ0) is 23.0. The van der Waals surface area contributed by atoms with Crippen molar-refractivity contribution < 1.29 is 22.8 Å². The van der Waals surface area contributed by atoms with Gasteiger partial charge in [-0.1, -0.05) is 54.1 Å². The zero-order valence-corrected chi connectivity index (χ0v) is 17.2. The van der Waals surface area contributed by atoms with Gasteiger partial charge in [-0.25, -0.2) is 9.50 Å². The number of nitrogens with one attached hydrogen (secondary N) is 1. The summed E-state index contributed by atoms with van der Waals surface area (Å²) in [5, 5.41) is 5.96. The van der Waals surface area contributed by atoms with Gasteiger partial charge in [-0.05, 0) is 25.1 Å². The number of anilines is 1. The standard InChI is InChI=1S/C22H14ClF3N4O2/c1-12(31)14-8-5-9-15(10-14)27-21(32)19-18(23)20-28-16(13-6-3-2-4-7-13)11-17(22(24,25)26)30(20)29-19/h2-11H,1H3,(H,27,32). The maximum atomic E-state index is 13.8. The molecule has 32 heavy (non-hydrogen) atoms. The van der Waals surface area contributed by atoms with E-state index in [4.69, 9.17) is 11.6 Å². The van der Waals surface area contributed by atoms with E-state index < -0.39 is 23.5 Å². The lowest BCUT2D eigenvalue weighted by molar-refractivity contribution is -0.142. The molecule has 0 fully saturated rings. The number of rotatable bonds is 4. The lowest BCUT2D eigenvalue weighted by Crippen LogP contribution is -2.16. The summed E-state index contributed by atoms with van der Waals surface area (Å²) < 4.78 is 41.8. The number of carbonyl (C=O) groups excluding carboxylic acids is 2. The highest BCUT2D eigenvalue weighted by Gasteiger charge is 2.36. The maximum Gasteiger partial charge on any atom is 0.433 e. The van der Waals surface area contributed by atoms with Crippen molar-refractivity contribution in [3.8, 4) is 11.3 Å². The molecule has 6 nitrogen and oxygen atoms in total. The molecule has 1 N–H and O–H groups in total. The first-order valence-corrected chi connectivity index (χ1v) is 9.67. The highest BCUT2D eigenvalue weighted by Crippen LogP contribution is 2.34. The predicted molar refractivity (Wildman–Crippen MR) is 113 cm³/mol. The summed E-state index contributed by atoms with van der Waals surface area (Å²) in [6, 6.07) is 15.2. The van der Waals surface area contributed by atoms with Crippen LogP contribution in [0.25, 0.3) is 16.9 Å². The van der Waals surface area contributed by atoms with E-state index in [0.29, 0.717) is 15.6 Å². The number of Topliss-reactive ketones (excluding diaryl/α,β-unsaturated/α-hetero) is 1. The molecule has 0 radical (unpaired) electrons. The van der Waals surface area contributed by atoms with Crippen molar-refractivity contribution in [1.29, 1.82) is 0 Å². The number of hydrogen-bond donors (Lipinski definition) is 1. The third kappa shape index (κ3) is 4.06. The molecular weight excluding hydrogens is 445 g/mol. The van der Waals surface area contributed by atoms with E-state index in [1.165, 1.54) is 19.1 Å². The molecule has 2 heterocycles. The molecule has 162 valence electrons. The molecule has 0 aliphatic heterocycles. The first-order valence-electron chi connectivity index (χ1n) is 9.29. The highest BCUT2D eigenvalue weighted by molar-refractivity contribution is 6.37. The van der Waals surface area contributed by atoms with Gasteiger partial charge in [0.05, 0.1) is 5.69 Å². The number of alkyl halides is 3. The number of aromatic nitrogens is 3. The molecule has 0 saturated heterocycles. The molecule has 0 aliphatic carbocycles. The molecule has 0 saturated carbocycles. The van der Waals surface area contributed by atoms with E-state index in [1.807, 2.05) is 0 Å². The monoisotopic (exact) mass is 458 g/mol. The topological polar surface area (TPSA) is 76.4 Å². The molecular formula is C22H14ClF3N4O2. The highest BCUT2D eigenvalue weighted by atomic mass is 35.5. The van der Waals surface area contributed by atoms with Crippen LogP contribution in [0.2, 0.25) is 5.02 Å². The van der Waals surface area contributed by atoms with Gasteiger partial charge in [-0.15, -0.1) is 0 Å². The maximum absolute atomic E-state index is 13.8. The number of nitrogens with zero attached hydrogens (tertiary/aromatic N) is 3. The Morgan fingerprint density at radius 2 is 1.75 bits per heavy atom. The Bertz CT molecular complexity index is 1350. The third-order valence-electron chi connectivity index (χ3n) is 4.63. The number of ketones is 1. The van der Waals surface area contributed by atoms with Crippen molar-refractivity contribution in [2.75, 3.05) is 5.32 Å². The summed E-state index contributed by atoms with van der Waals surface area (Å²) in [6.07, 6.45) is -4.77. The van der Waals surface area contributed by atoms with Crippen LogP contribution < -0.4 is 5.32 Å². The van der Waals surface area contributed by atoms with Gasteiger partial charge in [0.15, 0.2) is 22.8 Å². The molecule has 0 unspecified atom stereocenters. The Balaban J connectivity index is 1.81. The fraction of sp³-hybridized carbons (Fsp3) is 0.0909. The van der Waals surface area contributed by atoms with Crippen LogP contribution in [0.4, 0.5) is 18.9 Å². The summed E-state index contributed by atoms with van der Waals surface area (Å²) in [6.45, 7) is 1.37. The fourth-order valence-corrected chi connectivity index (χ4v) is 3.35. The second kappa shape index (κ2) is 8.08. The van der Waals surface area contributed by atoms with Crippen molar-refractivity contribution in [2.45, 2.75) is 13.1 Å². The summed E-state index contributed by atoms with van der Waals surface area (Å²) in [7, 11) is 0. The van der Waals surface area contributed by atoms with Crippen molar-refractivity contribution in [1.82, 2.24) is 14.6 Å². The van der Waals surface area contributed by atoms with Gasteiger partial charge >= 0.3 is 6.18 Å². The van der Waals surface area contributed by atoms with Crippen LogP contribution in [0.15, 0.2) is 60.7 Å². The van der Waals surface area contributed by atoms with E-state index in [0.717, 1.165) is 6.07 Å². The van der Waals surface area contributed by atoms with Crippen LogP contribution in [0.3, 0.4) is 0 Å². The normalized spacial score (nSPS) is 11.5. The number of fused-ring (bicyclic) bond motifs is 1. The van der Waals surface area contributed by atoms with Gasteiger partial charge in [0, 0.05) is 16.8 Å². The van der Waals surface area contributed by atoms with E-state index >= 15 is 0 Å². The molecule has 4 aromatic rings. The fourth-order valence-electron chi connectivity index (χ4n) is 3.10. The smallest absolute Gasteiger partial charge is 0.321 e. The average molecular weight is 459 g/mol. The predicted octanol–water partition coefficient (Wildman–Crippen LogP) is 5.52. The van der Waals surface area contributed by atoms with Crippen LogP contribution >= 0.6 is 11.6 Å². The van der Waals surface area contributed by atoms with E-state index in [2.05, 4.69) is 15.4 Å². The van der Waals surface area contributed by atoms with Crippen LogP contribution in [0, 0.1) is 0 Å². The molecule has 10 heteroatoms. The van der Waals surface area contributed by atoms with E-state index in [-0.39, 0.29) is 27.8 Å². The van der Waals surface area contributed by atoms with Crippen LogP contribution in [0.1, 0.15) is 33.5 Å². The Kier molecular flexibility index (Phi) is 5.43. The summed E-state index contributed by atoms with van der Waals surface area (Å²) in [4.78, 5) is 28.5. The average Bonchev–Trinajstić information content (AvgIpc) is 3.10. The number of hydrogen-bond acceptors (Lipinski definition) is 4. The van der Waals surface area contributed by atoms with Crippen LogP contribution in [-0.4, -0.2) is 26.3 Å². The molecule has 0 spiro atoms. The van der Waals surface area contributed by atoms with Gasteiger partial charge in [0.25, 0.3) is 5.91 Å². The van der Waals surface area contributed by atoms with Gasteiger partial charge in [0.1, 0.15) is 5.02 Å². The molecule has 0 bridgehead atoms. The van der Waals surface area contributed by atoms with Gasteiger partial charge < -0.3 is 5.32 Å². The third-order valence-corrected chi connectivity index (χ3v) is 4.98. The molecule has 2 aromatic heterocycles. The first kappa shape index (κ1) is 21.5. The minimum Gasteiger partial charge on any atom is -0.321 e. The largest absolute Gasteiger partial charge is 0.433 e. The lowest BCUT2D eigenvalue weighted by atomic mass is 10.1. The second-order valence-electron chi connectivity index (χ2n) is 6.88. The molecule has 0 atom stereocenters. The van der Waals surface area contributed by atoms with Crippen molar-refractivity contribution in [3.05, 3.63) is 82.6 Å². The van der Waals surface area contributed by atoms with Crippen molar-refractivity contribution in [3.63, 3.8) is 0 Å². The number of carbonyl (C=O) groups is 2. The first-order chi connectivity index (χ1) is 15.1. The van der Waals surface area contributed by atoms with Gasteiger partial charge in [0.2, 0.25) is 0 Å². The zero-order valence-electron chi connectivity index (χ0n) is 16.4. The summed E-state index contributed by atoms with van der Waals surface area (Å²) in [5.74, 6) is -1.05. The Hall–Kier alpha value is -3.72. The molecule has 2 aromatic carbocycles. The van der Waals surface area contributed by atoms with Gasteiger partial charge in [-0.3, -0.25) is 9.59 Å². The minimum atomic E-state index is -4.77. The second-order valence-corrected chi connectivity index (χ2v) is 7.26. The summed E-state index contributed by atoms with van der Waals surface area (Å²) >= 11 is 6.25. The number of halogens is 4. The quantitative estimate of drug-likeness (QED) is 0.408. The van der Waals surface area contributed by atoms with E-state index in [9.17, 15) is 22.8 Å². The van der Waals surface area contributed by atoms with Crippen LogP contribution in [0.5, 0.6) is 0 Å². The Morgan fingerprint density at radius 3 is 2.41 bits per heavy atom. The molecule has 1 amide bonds. The Labute approximate surface area is 184 Å². The molecule has 4 rings (SSSR count). The minimum absolute atomic E-state index is 0.0355. The summed E-state index contributed by atoms with van der Waals surface area (Å²) in [5.41, 5.74) is -0.743. The lowest BCUT2D eigenvalue weighted by Gasteiger charge is -2.11. The van der Waals surface area contributed by atoms with E-state index in [1.54, 1.807) is 42.5 Å². The SMILES string of the molecule is CC(=O)c1cccc(NC(=O)c2nn3c(C(F)(F)F)cc(-c4ccccc4)nc3c2Cl)c1. The van der Waals surface area contributed by atoms with Crippen LogP contribution in [-0.2, 0) is 6.18 Å². The van der Waals surface area contributed by atoms with Gasteiger partial charge in [-0.2, -0.15) is 18.3 Å². The Morgan fingerprint density at radius 1 is 1.03 bits per heavy atom. The van der Waals surface area contributed by atoms with Crippen molar-refractivity contribution in [2.24, 2.45) is 0 Å². The van der Waals surface area contributed by atoms with Crippen molar-refractivity contribution >= 4 is 34.6 Å². The molecule has 0 aliphatic rings.